The van der Waals surface area contributed by atoms with Gasteiger partial charge in [0.05, 0.1) is 10.7 Å². The zero-order chi connectivity index (χ0) is 18.3. The van der Waals surface area contributed by atoms with E-state index in [-0.39, 0.29) is 4.99 Å². The molecular formula is C20H30N2O2S. The Hall–Kier alpha value is -1.49. The number of unbranched alkanes of at least 4 members (excludes halogenated alkanes) is 2. The topological polar surface area (TPSA) is 76.2 Å². The molecule has 0 amide bonds. The zero-order valence-electron chi connectivity index (χ0n) is 15.1. The van der Waals surface area contributed by atoms with E-state index in [0.29, 0.717) is 18.0 Å². The van der Waals surface area contributed by atoms with Crippen molar-refractivity contribution in [1.29, 1.82) is 0 Å². The zero-order valence-corrected chi connectivity index (χ0v) is 15.9. The van der Waals surface area contributed by atoms with E-state index in [0.717, 1.165) is 18.8 Å². The Balaban J connectivity index is 2.07. The number of aliphatic carboxylic acids is 1. The van der Waals surface area contributed by atoms with Crippen LogP contribution in [-0.4, -0.2) is 21.0 Å². The Bertz CT molecular complexity index is 554. The quantitative estimate of drug-likeness (QED) is 0.501. The van der Waals surface area contributed by atoms with E-state index in [1.807, 2.05) is 0 Å². The summed E-state index contributed by atoms with van der Waals surface area (Å²) in [5.41, 5.74) is 5.05. The molecule has 0 saturated heterocycles. The number of carboxylic acids is 1. The highest BCUT2D eigenvalue weighted by Crippen LogP contribution is 2.40. The summed E-state index contributed by atoms with van der Waals surface area (Å²) in [4.78, 5) is 16.5. The Morgan fingerprint density at radius 2 is 1.96 bits per heavy atom. The molecule has 1 aromatic rings. The van der Waals surface area contributed by atoms with Crippen molar-refractivity contribution in [2.24, 2.45) is 17.6 Å². The summed E-state index contributed by atoms with van der Waals surface area (Å²) in [6.45, 7) is 2.23. The molecule has 1 heterocycles. The summed E-state index contributed by atoms with van der Waals surface area (Å²) in [5, 5.41) is 9.97. The molecule has 0 aromatic carbocycles. The third-order valence-corrected chi connectivity index (χ3v) is 6.01. The van der Waals surface area contributed by atoms with Gasteiger partial charge < -0.3 is 10.8 Å². The Labute approximate surface area is 156 Å². The number of carboxylic acid groups (broad SMARTS) is 1. The smallest absolute Gasteiger partial charge is 0.322 e. The summed E-state index contributed by atoms with van der Waals surface area (Å²) >= 11 is 5.21. The molecule has 0 spiro atoms. The number of pyridine rings is 1. The van der Waals surface area contributed by atoms with Gasteiger partial charge in [-0.05, 0) is 30.4 Å². The first-order valence-corrected chi connectivity index (χ1v) is 9.86. The molecule has 1 aliphatic carbocycles. The van der Waals surface area contributed by atoms with Crippen molar-refractivity contribution < 1.29 is 9.90 Å². The minimum atomic E-state index is -1.35. The molecule has 3 N–H and O–H groups in total. The van der Waals surface area contributed by atoms with Gasteiger partial charge >= 0.3 is 5.97 Å². The summed E-state index contributed by atoms with van der Waals surface area (Å²) in [7, 11) is 0. The average molecular weight is 363 g/mol. The monoisotopic (exact) mass is 362 g/mol. The lowest BCUT2D eigenvalue weighted by molar-refractivity contribution is -0.141. The van der Waals surface area contributed by atoms with Gasteiger partial charge in [-0.1, -0.05) is 76.6 Å². The normalized spacial score (nSPS) is 22.9. The first-order chi connectivity index (χ1) is 12.0. The number of hydrogen-bond donors (Lipinski definition) is 2. The molecule has 0 aliphatic heterocycles. The highest BCUT2D eigenvalue weighted by Gasteiger charge is 2.46. The standard InChI is InChI=1S/C20H30N2O2S/c1-2-3-4-7-15-9-11-16(12-10-15)14-20(18(21)25,19(23)24)17-8-5-6-13-22-17/h5-6,8,13,15-16H,2-4,7,9-12,14H2,1H3,(H2,21,25)(H,23,24). The number of hydrogen-bond acceptors (Lipinski definition) is 3. The predicted molar refractivity (Wildman–Crippen MR) is 105 cm³/mol. The molecule has 25 heavy (non-hydrogen) atoms. The molecule has 2 rings (SSSR count). The van der Waals surface area contributed by atoms with Crippen LogP contribution in [0.15, 0.2) is 24.4 Å². The molecular weight excluding hydrogens is 332 g/mol. The fraction of sp³-hybridized carbons (Fsp3) is 0.650. The Kier molecular flexibility index (Phi) is 7.36. The van der Waals surface area contributed by atoms with Gasteiger partial charge in [0.25, 0.3) is 0 Å². The van der Waals surface area contributed by atoms with Crippen LogP contribution in [0.2, 0.25) is 0 Å². The first kappa shape index (κ1) is 19.8. The second-order valence-electron chi connectivity index (χ2n) is 7.38. The van der Waals surface area contributed by atoms with Crippen LogP contribution in [0.1, 0.15) is 70.4 Å². The van der Waals surface area contributed by atoms with Gasteiger partial charge in [-0.3, -0.25) is 9.78 Å². The number of nitrogens with zero attached hydrogens (tertiary/aromatic N) is 1. The van der Waals surface area contributed by atoms with Gasteiger partial charge in [0.1, 0.15) is 0 Å². The van der Waals surface area contributed by atoms with Gasteiger partial charge in [-0.25, -0.2) is 0 Å². The molecule has 0 bridgehead atoms. The SMILES string of the molecule is CCCCCC1CCC(CC(C(=O)O)(C(N)=S)c2ccccn2)CC1. The number of aromatic nitrogens is 1. The fourth-order valence-corrected chi connectivity index (χ4v) is 4.36. The van der Waals surface area contributed by atoms with E-state index in [4.69, 9.17) is 18.0 Å². The van der Waals surface area contributed by atoms with E-state index < -0.39 is 11.4 Å². The lowest BCUT2D eigenvalue weighted by Gasteiger charge is -2.35. The van der Waals surface area contributed by atoms with E-state index in [2.05, 4.69) is 11.9 Å². The minimum absolute atomic E-state index is 0.0174. The predicted octanol–water partition coefficient (Wildman–Crippen LogP) is 4.47. The number of thiocarbonyl (C=S) groups is 1. The molecule has 1 atom stereocenters. The molecule has 0 radical (unpaired) electrons. The largest absolute Gasteiger partial charge is 0.480 e. The number of nitrogens with two attached hydrogens (primary N) is 1. The molecule has 138 valence electrons. The van der Waals surface area contributed by atoms with Crippen LogP contribution in [0.25, 0.3) is 0 Å². The maximum Gasteiger partial charge on any atom is 0.322 e. The van der Waals surface area contributed by atoms with Crippen molar-refractivity contribution in [1.82, 2.24) is 4.98 Å². The average Bonchev–Trinajstić information content (AvgIpc) is 2.61. The van der Waals surface area contributed by atoms with Crippen LogP contribution in [0.3, 0.4) is 0 Å². The molecule has 1 unspecified atom stereocenters. The summed E-state index contributed by atoms with van der Waals surface area (Å²) in [5.74, 6) is 0.146. The van der Waals surface area contributed by atoms with Crippen molar-refractivity contribution in [2.45, 2.75) is 70.1 Å². The van der Waals surface area contributed by atoms with Crippen LogP contribution >= 0.6 is 12.2 Å². The maximum absolute atomic E-state index is 12.2. The molecule has 1 saturated carbocycles. The molecule has 1 aromatic heterocycles. The maximum atomic E-state index is 12.2. The lowest BCUT2D eigenvalue weighted by atomic mass is 9.70. The molecule has 4 nitrogen and oxygen atoms in total. The second-order valence-corrected chi connectivity index (χ2v) is 7.82. The molecule has 1 fully saturated rings. The minimum Gasteiger partial charge on any atom is -0.480 e. The van der Waals surface area contributed by atoms with Crippen molar-refractivity contribution in [3.05, 3.63) is 30.1 Å². The van der Waals surface area contributed by atoms with Gasteiger partial charge in [-0.2, -0.15) is 0 Å². The number of carbonyl (C=O) groups is 1. The lowest BCUT2D eigenvalue weighted by Crippen LogP contribution is -2.49. The number of rotatable bonds is 9. The first-order valence-electron chi connectivity index (χ1n) is 9.45. The van der Waals surface area contributed by atoms with Crippen LogP contribution in [-0.2, 0) is 10.2 Å². The van der Waals surface area contributed by atoms with Crippen LogP contribution < -0.4 is 5.73 Å². The van der Waals surface area contributed by atoms with Crippen molar-refractivity contribution in [3.63, 3.8) is 0 Å². The van der Waals surface area contributed by atoms with Crippen LogP contribution in [0, 0.1) is 11.8 Å². The fourth-order valence-electron chi connectivity index (χ4n) is 4.09. The highest BCUT2D eigenvalue weighted by molar-refractivity contribution is 7.80. The summed E-state index contributed by atoms with van der Waals surface area (Å²) < 4.78 is 0. The Morgan fingerprint density at radius 1 is 1.28 bits per heavy atom. The molecule has 1 aliphatic rings. The van der Waals surface area contributed by atoms with Crippen molar-refractivity contribution in [2.75, 3.05) is 0 Å². The summed E-state index contributed by atoms with van der Waals surface area (Å²) in [6.07, 6.45) is 11.7. The van der Waals surface area contributed by atoms with Crippen LogP contribution in [0.5, 0.6) is 0 Å². The molecule has 5 heteroatoms. The van der Waals surface area contributed by atoms with Gasteiger partial charge in [0, 0.05) is 6.20 Å². The van der Waals surface area contributed by atoms with Gasteiger partial charge in [0.15, 0.2) is 5.41 Å². The van der Waals surface area contributed by atoms with E-state index >= 15 is 0 Å². The third-order valence-electron chi connectivity index (χ3n) is 5.66. The van der Waals surface area contributed by atoms with E-state index in [9.17, 15) is 9.90 Å². The Morgan fingerprint density at radius 3 is 2.48 bits per heavy atom. The highest BCUT2D eigenvalue weighted by atomic mass is 32.1. The van der Waals surface area contributed by atoms with Crippen molar-refractivity contribution in [3.8, 4) is 0 Å². The second kappa shape index (κ2) is 9.27. The van der Waals surface area contributed by atoms with Crippen LogP contribution in [0.4, 0.5) is 0 Å². The van der Waals surface area contributed by atoms with Gasteiger partial charge in [0.2, 0.25) is 0 Å². The van der Waals surface area contributed by atoms with E-state index in [1.54, 1.807) is 24.4 Å². The van der Waals surface area contributed by atoms with Gasteiger partial charge in [-0.15, -0.1) is 0 Å². The van der Waals surface area contributed by atoms with E-state index in [1.165, 1.54) is 38.5 Å². The summed E-state index contributed by atoms with van der Waals surface area (Å²) in [6, 6.07) is 5.30. The van der Waals surface area contributed by atoms with Crippen molar-refractivity contribution >= 4 is 23.2 Å². The third kappa shape index (κ3) is 4.78.